The molecule has 2 rings (SSSR count). The zero-order valence-electron chi connectivity index (χ0n) is 10.9. The predicted molar refractivity (Wildman–Crippen MR) is 75.0 cm³/mol. The molecule has 4 nitrogen and oxygen atoms in total. The van der Waals surface area contributed by atoms with Crippen molar-refractivity contribution < 1.29 is 9.90 Å². The first-order chi connectivity index (χ1) is 9.03. The van der Waals surface area contributed by atoms with Crippen molar-refractivity contribution in [3.05, 3.63) is 34.9 Å². The summed E-state index contributed by atoms with van der Waals surface area (Å²) in [6.07, 6.45) is 0.0386. The van der Waals surface area contributed by atoms with Crippen LogP contribution >= 0.6 is 11.6 Å². The van der Waals surface area contributed by atoms with Crippen LogP contribution in [0.5, 0.6) is 0 Å². The Balaban J connectivity index is 1.92. The van der Waals surface area contributed by atoms with E-state index in [1.54, 1.807) is 12.1 Å². The van der Waals surface area contributed by atoms with Crippen molar-refractivity contribution in [2.24, 2.45) is 5.41 Å². The van der Waals surface area contributed by atoms with Gasteiger partial charge in [-0.25, -0.2) is 0 Å². The molecule has 0 bridgehead atoms. The standard InChI is InChI=1S/C14H19ClN2O2/c1-14(6-7-16-9-14)13(19)17-8-12(18)10-4-2-3-5-11(10)15/h2-5,12,16,18H,6-9H2,1H3,(H,17,19)/t12-,14-/m0/s1. The second-order valence-electron chi connectivity index (χ2n) is 5.23. The summed E-state index contributed by atoms with van der Waals surface area (Å²) in [5.74, 6) is -0.0244. The van der Waals surface area contributed by atoms with Crippen LogP contribution in [0.3, 0.4) is 0 Å². The van der Waals surface area contributed by atoms with Gasteiger partial charge in [0.1, 0.15) is 0 Å². The number of carbonyl (C=O) groups excluding carboxylic acids is 1. The monoisotopic (exact) mass is 282 g/mol. The van der Waals surface area contributed by atoms with Crippen LogP contribution in [-0.4, -0.2) is 30.6 Å². The quantitative estimate of drug-likeness (QED) is 0.784. The molecule has 1 aromatic rings. The summed E-state index contributed by atoms with van der Waals surface area (Å²) in [6, 6.07) is 7.11. The number of rotatable bonds is 4. The SMILES string of the molecule is C[C@]1(C(=O)NC[C@H](O)c2ccccc2Cl)CCNC1. The molecule has 1 saturated heterocycles. The van der Waals surface area contributed by atoms with Gasteiger partial charge in [0.05, 0.1) is 11.5 Å². The highest BCUT2D eigenvalue weighted by Gasteiger charge is 2.36. The Labute approximate surface area is 118 Å². The molecular formula is C14H19ClN2O2. The summed E-state index contributed by atoms with van der Waals surface area (Å²) >= 11 is 6.01. The van der Waals surface area contributed by atoms with E-state index in [1.165, 1.54) is 0 Å². The van der Waals surface area contributed by atoms with Crippen molar-refractivity contribution in [2.45, 2.75) is 19.4 Å². The highest BCUT2D eigenvalue weighted by atomic mass is 35.5. The summed E-state index contributed by atoms with van der Waals surface area (Å²) in [5.41, 5.74) is 0.263. The minimum atomic E-state index is -0.782. The van der Waals surface area contributed by atoms with Gasteiger partial charge in [-0.2, -0.15) is 0 Å². The third kappa shape index (κ3) is 3.26. The molecule has 1 aliphatic heterocycles. The smallest absolute Gasteiger partial charge is 0.227 e. The molecule has 0 spiro atoms. The first-order valence-electron chi connectivity index (χ1n) is 6.44. The Morgan fingerprint density at radius 1 is 1.58 bits per heavy atom. The molecule has 3 N–H and O–H groups in total. The summed E-state index contributed by atoms with van der Waals surface area (Å²) in [7, 11) is 0. The van der Waals surface area contributed by atoms with Gasteiger partial charge in [-0.15, -0.1) is 0 Å². The van der Waals surface area contributed by atoms with E-state index in [9.17, 15) is 9.90 Å². The number of aliphatic hydroxyl groups excluding tert-OH is 1. The maximum Gasteiger partial charge on any atom is 0.227 e. The lowest BCUT2D eigenvalue weighted by molar-refractivity contribution is -0.129. The average molecular weight is 283 g/mol. The van der Waals surface area contributed by atoms with Gasteiger partial charge < -0.3 is 15.7 Å². The molecule has 1 heterocycles. The summed E-state index contributed by atoms with van der Waals surface area (Å²) in [4.78, 5) is 12.1. The van der Waals surface area contributed by atoms with E-state index in [1.807, 2.05) is 19.1 Å². The molecule has 5 heteroatoms. The van der Waals surface area contributed by atoms with Gasteiger partial charge in [0, 0.05) is 23.7 Å². The summed E-state index contributed by atoms with van der Waals surface area (Å²) in [5, 5.41) is 16.6. The fourth-order valence-corrected chi connectivity index (χ4v) is 2.53. The number of hydrogen-bond acceptors (Lipinski definition) is 3. The van der Waals surface area contributed by atoms with Gasteiger partial charge in [0.2, 0.25) is 5.91 Å². The third-order valence-corrected chi connectivity index (χ3v) is 3.98. The van der Waals surface area contributed by atoms with Crippen molar-refractivity contribution in [1.29, 1.82) is 0 Å². The molecule has 1 aromatic carbocycles. The lowest BCUT2D eigenvalue weighted by Gasteiger charge is -2.23. The van der Waals surface area contributed by atoms with Crippen molar-refractivity contribution in [3.63, 3.8) is 0 Å². The second kappa shape index (κ2) is 5.90. The van der Waals surface area contributed by atoms with Gasteiger partial charge in [-0.1, -0.05) is 29.8 Å². The number of halogens is 1. The third-order valence-electron chi connectivity index (χ3n) is 3.64. The Bertz CT molecular complexity index is 459. The average Bonchev–Trinajstić information content (AvgIpc) is 2.84. The predicted octanol–water partition coefficient (Wildman–Crippen LogP) is 1.49. The van der Waals surface area contributed by atoms with Gasteiger partial charge in [-0.3, -0.25) is 4.79 Å². The first-order valence-corrected chi connectivity index (χ1v) is 6.82. The van der Waals surface area contributed by atoms with E-state index >= 15 is 0 Å². The van der Waals surface area contributed by atoms with Crippen LogP contribution in [0, 0.1) is 5.41 Å². The van der Waals surface area contributed by atoms with Crippen LogP contribution in [0.1, 0.15) is 25.0 Å². The maximum absolute atomic E-state index is 12.1. The van der Waals surface area contributed by atoms with E-state index in [2.05, 4.69) is 10.6 Å². The molecular weight excluding hydrogens is 264 g/mol. The van der Waals surface area contributed by atoms with Crippen LogP contribution in [0.15, 0.2) is 24.3 Å². The van der Waals surface area contributed by atoms with Crippen LogP contribution in [-0.2, 0) is 4.79 Å². The van der Waals surface area contributed by atoms with E-state index in [-0.39, 0.29) is 17.9 Å². The highest BCUT2D eigenvalue weighted by molar-refractivity contribution is 6.31. The van der Waals surface area contributed by atoms with Crippen molar-refractivity contribution >= 4 is 17.5 Å². The zero-order chi connectivity index (χ0) is 13.9. The molecule has 0 radical (unpaired) electrons. The number of hydrogen-bond donors (Lipinski definition) is 3. The molecule has 0 aliphatic carbocycles. The zero-order valence-corrected chi connectivity index (χ0v) is 11.7. The summed E-state index contributed by atoms with van der Waals surface area (Å²) in [6.45, 7) is 3.65. The van der Waals surface area contributed by atoms with Gasteiger partial charge >= 0.3 is 0 Å². The topological polar surface area (TPSA) is 61.4 Å². The van der Waals surface area contributed by atoms with E-state index < -0.39 is 6.10 Å². The normalized spacial score (nSPS) is 24.2. The molecule has 0 aromatic heterocycles. The minimum absolute atomic E-state index is 0.0244. The Hall–Kier alpha value is -1.10. The van der Waals surface area contributed by atoms with Gasteiger partial charge in [-0.05, 0) is 26.0 Å². The van der Waals surface area contributed by atoms with E-state index in [0.717, 1.165) is 13.0 Å². The van der Waals surface area contributed by atoms with Crippen molar-refractivity contribution in [2.75, 3.05) is 19.6 Å². The largest absolute Gasteiger partial charge is 0.387 e. The maximum atomic E-state index is 12.1. The molecule has 1 aliphatic rings. The Morgan fingerprint density at radius 2 is 2.32 bits per heavy atom. The second-order valence-corrected chi connectivity index (χ2v) is 5.64. The fourth-order valence-electron chi connectivity index (χ4n) is 2.27. The number of amides is 1. The lowest BCUT2D eigenvalue weighted by Crippen LogP contribution is -2.42. The first kappa shape index (κ1) is 14.3. The van der Waals surface area contributed by atoms with Crippen LogP contribution in [0.2, 0.25) is 5.02 Å². The number of benzene rings is 1. The number of carbonyl (C=O) groups is 1. The Morgan fingerprint density at radius 3 is 2.95 bits per heavy atom. The van der Waals surface area contributed by atoms with E-state index in [0.29, 0.717) is 17.1 Å². The van der Waals surface area contributed by atoms with Gasteiger partial charge in [0.15, 0.2) is 0 Å². The van der Waals surface area contributed by atoms with Crippen molar-refractivity contribution in [1.82, 2.24) is 10.6 Å². The lowest BCUT2D eigenvalue weighted by atomic mass is 9.89. The molecule has 0 saturated carbocycles. The van der Waals surface area contributed by atoms with E-state index in [4.69, 9.17) is 11.6 Å². The van der Waals surface area contributed by atoms with Gasteiger partial charge in [0.25, 0.3) is 0 Å². The summed E-state index contributed by atoms with van der Waals surface area (Å²) < 4.78 is 0. The Kier molecular flexibility index (Phi) is 4.45. The molecule has 1 amide bonds. The molecule has 104 valence electrons. The molecule has 1 fully saturated rings. The van der Waals surface area contributed by atoms with Crippen LogP contribution in [0.25, 0.3) is 0 Å². The van der Waals surface area contributed by atoms with Crippen LogP contribution < -0.4 is 10.6 Å². The number of aliphatic hydroxyl groups is 1. The fraction of sp³-hybridized carbons (Fsp3) is 0.500. The molecule has 19 heavy (non-hydrogen) atoms. The van der Waals surface area contributed by atoms with Crippen molar-refractivity contribution in [3.8, 4) is 0 Å². The highest BCUT2D eigenvalue weighted by Crippen LogP contribution is 2.25. The molecule has 0 unspecified atom stereocenters. The molecule has 2 atom stereocenters. The number of nitrogens with one attached hydrogen (secondary N) is 2. The minimum Gasteiger partial charge on any atom is -0.387 e. The van der Waals surface area contributed by atoms with Crippen LogP contribution in [0.4, 0.5) is 0 Å².